The lowest BCUT2D eigenvalue weighted by atomic mass is 10.1. The first-order chi connectivity index (χ1) is 15.5. The predicted molar refractivity (Wildman–Crippen MR) is 124 cm³/mol. The van der Waals surface area contributed by atoms with Crippen LogP contribution in [0.15, 0.2) is 88.0 Å². The number of carbonyl (C=O) groups is 2. The van der Waals surface area contributed by atoms with E-state index in [1.165, 1.54) is 0 Å². The van der Waals surface area contributed by atoms with Crippen molar-refractivity contribution >= 4 is 39.8 Å². The van der Waals surface area contributed by atoms with Crippen LogP contribution in [0.25, 0.3) is 6.08 Å². The van der Waals surface area contributed by atoms with Crippen LogP contribution in [0.1, 0.15) is 28.4 Å². The first kappa shape index (κ1) is 21.5. The molecule has 0 atom stereocenters. The summed E-state index contributed by atoms with van der Waals surface area (Å²) in [7, 11) is 0. The maximum atomic E-state index is 12.4. The molecule has 32 heavy (non-hydrogen) atoms. The van der Waals surface area contributed by atoms with Gasteiger partial charge in [0, 0.05) is 10.0 Å². The van der Waals surface area contributed by atoms with Crippen LogP contribution >= 0.6 is 15.9 Å². The quantitative estimate of drug-likeness (QED) is 0.261. The molecular weight excluding hydrogens is 474 g/mol. The zero-order valence-corrected chi connectivity index (χ0v) is 18.7. The van der Waals surface area contributed by atoms with E-state index < -0.39 is 11.9 Å². The molecule has 4 rings (SSSR count). The van der Waals surface area contributed by atoms with E-state index in [1.807, 2.05) is 37.3 Å². The molecule has 6 nitrogen and oxygen atoms in total. The van der Waals surface area contributed by atoms with Crippen molar-refractivity contribution < 1.29 is 23.8 Å². The molecule has 0 fully saturated rings. The van der Waals surface area contributed by atoms with Gasteiger partial charge in [-0.25, -0.2) is 14.6 Å². The number of rotatable bonds is 6. The average Bonchev–Trinajstić information content (AvgIpc) is 3.16. The van der Waals surface area contributed by atoms with Gasteiger partial charge in [0.15, 0.2) is 17.2 Å². The van der Waals surface area contributed by atoms with Crippen LogP contribution in [0.4, 0.5) is 0 Å². The molecule has 7 heteroatoms. The van der Waals surface area contributed by atoms with Gasteiger partial charge in [-0.2, -0.15) is 0 Å². The van der Waals surface area contributed by atoms with Crippen molar-refractivity contribution in [3.8, 4) is 11.5 Å². The smallest absolute Gasteiger partial charge is 0.363 e. The number of carbonyl (C=O) groups excluding carboxylic acids is 2. The highest BCUT2D eigenvalue weighted by Crippen LogP contribution is 2.31. The van der Waals surface area contributed by atoms with E-state index in [9.17, 15) is 9.59 Å². The molecule has 0 saturated carbocycles. The fourth-order valence-corrected chi connectivity index (χ4v) is 3.25. The Morgan fingerprint density at radius 3 is 2.50 bits per heavy atom. The molecule has 1 heterocycles. The third-order valence-corrected chi connectivity index (χ3v) is 5.02. The van der Waals surface area contributed by atoms with Gasteiger partial charge in [0.2, 0.25) is 5.90 Å². The molecule has 0 unspecified atom stereocenters. The van der Waals surface area contributed by atoms with Gasteiger partial charge in [0.05, 0.1) is 12.2 Å². The summed E-state index contributed by atoms with van der Waals surface area (Å²) < 4.78 is 17.4. The van der Waals surface area contributed by atoms with Crippen LogP contribution in [0.2, 0.25) is 0 Å². The van der Waals surface area contributed by atoms with Crippen LogP contribution in [0.3, 0.4) is 0 Å². The van der Waals surface area contributed by atoms with E-state index in [2.05, 4.69) is 20.9 Å². The lowest BCUT2D eigenvalue weighted by Gasteiger charge is -2.11. The van der Waals surface area contributed by atoms with Crippen molar-refractivity contribution in [2.45, 2.75) is 6.92 Å². The molecule has 0 saturated heterocycles. The third-order valence-electron chi connectivity index (χ3n) is 4.49. The molecule has 0 spiro atoms. The molecule has 0 aromatic heterocycles. The number of hydrogen-bond acceptors (Lipinski definition) is 6. The number of benzene rings is 3. The van der Waals surface area contributed by atoms with Gasteiger partial charge in [-0.1, -0.05) is 40.2 Å². The average molecular weight is 492 g/mol. The number of hydrogen-bond donors (Lipinski definition) is 0. The summed E-state index contributed by atoms with van der Waals surface area (Å²) in [5.41, 5.74) is 1.95. The highest BCUT2D eigenvalue weighted by molar-refractivity contribution is 9.10. The molecule has 3 aromatic rings. The number of halogens is 1. The summed E-state index contributed by atoms with van der Waals surface area (Å²) in [5.74, 6) is -0.112. The normalized spacial score (nSPS) is 14.1. The Labute approximate surface area is 193 Å². The molecule has 0 amide bonds. The summed E-state index contributed by atoms with van der Waals surface area (Å²) >= 11 is 3.37. The van der Waals surface area contributed by atoms with Crippen molar-refractivity contribution in [1.29, 1.82) is 0 Å². The van der Waals surface area contributed by atoms with Crippen molar-refractivity contribution in [3.05, 3.63) is 99.7 Å². The number of nitrogens with zero attached hydrogens (tertiary/aromatic N) is 1. The lowest BCUT2D eigenvalue weighted by Crippen LogP contribution is -2.09. The topological polar surface area (TPSA) is 74.2 Å². The maximum absolute atomic E-state index is 12.4. The van der Waals surface area contributed by atoms with Crippen molar-refractivity contribution in [3.63, 3.8) is 0 Å². The van der Waals surface area contributed by atoms with Gasteiger partial charge >= 0.3 is 11.9 Å². The minimum atomic E-state index is -0.541. The Hall–Kier alpha value is -3.71. The summed E-state index contributed by atoms with van der Waals surface area (Å²) in [6.45, 7) is 2.21. The second-order valence-corrected chi connectivity index (χ2v) is 7.65. The minimum Gasteiger partial charge on any atom is -0.490 e. The van der Waals surface area contributed by atoms with Gasteiger partial charge in [0.25, 0.3) is 0 Å². The van der Waals surface area contributed by atoms with Crippen LogP contribution in [-0.2, 0) is 9.53 Å². The van der Waals surface area contributed by atoms with Gasteiger partial charge < -0.3 is 14.2 Å². The molecule has 3 aromatic carbocycles. The van der Waals surface area contributed by atoms with Crippen LogP contribution in [0, 0.1) is 0 Å². The van der Waals surface area contributed by atoms with Crippen LogP contribution in [0.5, 0.6) is 11.5 Å². The van der Waals surface area contributed by atoms with Crippen LogP contribution in [-0.4, -0.2) is 24.4 Å². The van der Waals surface area contributed by atoms with Crippen molar-refractivity contribution in [1.82, 2.24) is 0 Å². The highest BCUT2D eigenvalue weighted by atomic mass is 79.9. The minimum absolute atomic E-state index is 0.166. The van der Waals surface area contributed by atoms with Crippen LogP contribution < -0.4 is 9.47 Å². The number of esters is 2. The predicted octanol–water partition coefficient (Wildman–Crippen LogP) is 5.41. The number of cyclic esters (lactones) is 1. The second-order valence-electron chi connectivity index (χ2n) is 6.74. The Balaban J connectivity index is 1.59. The highest BCUT2D eigenvalue weighted by Gasteiger charge is 2.24. The molecule has 0 N–H and O–H groups in total. The summed E-state index contributed by atoms with van der Waals surface area (Å²) in [5, 5.41) is 0. The molecule has 0 radical (unpaired) electrons. The number of aliphatic imine (C=N–C) groups is 1. The Bertz CT molecular complexity index is 1220. The summed E-state index contributed by atoms with van der Waals surface area (Å²) in [4.78, 5) is 29.0. The molecule has 1 aliphatic heterocycles. The largest absolute Gasteiger partial charge is 0.490 e. The van der Waals surface area contributed by atoms with E-state index in [0.717, 1.165) is 4.47 Å². The molecular formula is C25H18BrNO5. The molecule has 0 aliphatic carbocycles. The number of ether oxygens (including phenoxy) is 3. The van der Waals surface area contributed by atoms with E-state index in [1.54, 1.807) is 48.5 Å². The van der Waals surface area contributed by atoms with Gasteiger partial charge in [-0.3, -0.25) is 0 Å². The Morgan fingerprint density at radius 2 is 1.78 bits per heavy atom. The standard InChI is InChI=1S/C25H18BrNO5/c1-2-30-22-15-16(8-13-21(22)31-24(28)18-6-4-3-5-7-18)14-20-25(29)32-23(27-20)17-9-11-19(26)12-10-17/h3-15H,2H2,1H3/b20-14-. The first-order valence-electron chi connectivity index (χ1n) is 9.86. The zero-order chi connectivity index (χ0) is 22.5. The fourth-order valence-electron chi connectivity index (χ4n) is 2.98. The van der Waals surface area contributed by atoms with E-state index in [4.69, 9.17) is 14.2 Å². The molecule has 0 bridgehead atoms. The van der Waals surface area contributed by atoms with Gasteiger partial charge in [0.1, 0.15) is 0 Å². The third kappa shape index (κ3) is 4.95. The summed E-state index contributed by atoms with van der Waals surface area (Å²) in [6.07, 6.45) is 1.60. The van der Waals surface area contributed by atoms with E-state index >= 15 is 0 Å². The zero-order valence-electron chi connectivity index (χ0n) is 17.1. The Kier molecular flexibility index (Phi) is 6.47. The molecule has 1 aliphatic rings. The Morgan fingerprint density at radius 1 is 1.03 bits per heavy atom. The van der Waals surface area contributed by atoms with E-state index in [0.29, 0.717) is 29.0 Å². The monoisotopic (exact) mass is 491 g/mol. The maximum Gasteiger partial charge on any atom is 0.363 e. The SMILES string of the molecule is CCOc1cc(/C=C2\N=C(c3ccc(Br)cc3)OC2=O)ccc1OC(=O)c1ccccc1. The van der Waals surface area contributed by atoms with Gasteiger partial charge in [-0.15, -0.1) is 0 Å². The molecule has 160 valence electrons. The van der Waals surface area contributed by atoms with Crippen molar-refractivity contribution in [2.24, 2.45) is 4.99 Å². The summed E-state index contributed by atoms with van der Waals surface area (Å²) in [6, 6.07) is 21.0. The lowest BCUT2D eigenvalue weighted by molar-refractivity contribution is -0.129. The first-order valence-corrected chi connectivity index (χ1v) is 10.7. The second kappa shape index (κ2) is 9.62. The fraction of sp³-hybridized carbons (Fsp3) is 0.0800. The van der Waals surface area contributed by atoms with Gasteiger partial charge in [-0.05, 0) is 67.1 Å². The van der Waals surface area contributed by atoms with E-state index in [-0.39, 0.29) is 17.3 Å². The van der Waals surface area contributed by atoms with Crippen molar-refractivity contribution in [2.75, 3.05) is 6.61 Å².